The van der Waals surface area contributed by atoms with Crippen LogP contribution in [0.3, 0.4) is 0 Å². The Hall–Kier alpha value is -4.55. The van der Waals surface area contributed by atoms with Gasteiger partial charge in [-0.25, -0.2) is 0 Å². The van der Waals surface area contributed by atoms with Gasteiger partial charge in [-0.2, -0.15) is 5.10 Å². The number of ether oxygens (including phenoxy) is 2. The molecule has 1 amide bonds. The minimum Gasteiger partial charge on any atom is -0.497 e. The molecule has 6 rings (SSSR count). The van der Waals surface area contributed by atoms with Crippen LogP contribution >= 0.6 is 11.6 Å². The first kappa shape index (κ1) is 25.7. The monoisotopic (exact) mass is 549 g/mol. The van der Waals surface area contributed by atoms with Crippen LogP contribution in [0, 0.1) is 0 Å². The zero-order valence-electron chi connectivity index (χ0n) is 22.0. The average molecular weight is 550 g/mol. The van der Waals surface area contributed by atoms with E-state index in [9.17, 15) is 4.79 Å². The second-order valence-corrected chi connectivity index (χ2v) is 10.1. The number of aromatic amines is 1. The van der Waals surface area contributed by atoms with E-state index in [2.05, 4.69) is 10.2 Å². The number of nitrogens with zero attached hydrogens (tertiary/aromatic N) is 2. The lowest BCUT2D eigenvalue weighted by Crippen LogP contribution is -2.31. The predicted octanol–water partition coefficient (Wildman–Crippen LogP) is 7.11. The number of amides is 1. The van der Waals surface area contributed by atoms with Crippen LogP contribution in [0.1, 0.15) is 38.8 Å². The molecule has 0 spiro atoms. The Morgan fingerprint density at radius 1 is 0.850 bits per heavy atom. The second kappa shape index (κ2) is 11.3. The maximum absolute atomic E-state index is 13.7. The largest absolute Gasteiger partial charge is 0.497 e. The third-order valence-electron chi connectivity index (χ3n) is 7.23. The van der Waals surface area contributed by atoms with Gasteiger partial charge >= 0.3 is 0 Å². The Balaban J connectivity index is 1.29. The van der Waals surface area contributed by atoms with Crippen molar-refractivity contribution in [2.75, 3.05) is 13.7 Å². The van der Waals surface area contributed by atoms with Crippen molar-refractivity contribution in [3.63, 3.8) is 0 Å². The van der Waals surface area contributed by atoms with Gasteiger partial charge in [-0.05, 0) is 59.5 Å². The number of fused-ring (bicyclic) bond motifs is 1. The van der Waals surface area contributed by atoms with Crippen LogP contribution in [0.5, 0.6) is 11.5 Å². The molecule has 0 bridgehead atoms. The van der Waals surface area contributed by atoms with Crippen LogP contribution in [0.2, 0.25) is 5.02 Å². The smallest absolute Gasteiger partial charge is 0.273 e. The maximum atomic E-state index is 13.7. The molecular formula is C33H28ClN3O3. The van der Waals surface area contributed by atoms with E-state index >= 15 is 0 Å². The summed E-state index contributed by atoms with van der Waals surface area (Å²) in [5.74, 6) is 1.51. The van der Waals surface area contributed by atoms with Gasteiger partial charge < -0.3 is 14.4 Å². The van der Waals surface area contributed by atoms with E-state index in [-0.39, 0.29) is 11.9 Å². The fourth-order valence-electron chi connectivity index (χ4n) is 5.13. The van der Waals surface area contributed by atoms with E-state index < -0.39 is 0 Å². The van der Waals surface area contributed by atoms with E-state index in [1.165, 1.54) is 0 Å². The summed E-state index contributed by atoms with van der Waals surface area (Å²) in [4.78, 5) is 15.6. The molecule has 200 valence electrons. The molecule has 0 radical (unpaired) electrons. The molecule has 0 saturated heterocycles. The van der Waals surface area contributed by atoms with E-state index in [1.807, 2.05) is 108 Å². The molecule has 0 aliphatic carbocycles. The fraction of sp³-hybridized carbons (Fsp3) is 0.152. The summed E-state index contributed by atoms with van der Waals surface area (Å²) in [6.07, 6.45) is 0.715. The summed E-state index contributed by atoms with van der Waals surface area (Å²) in [6, 6.07) is 33.3. The number of halogens is 1. The first-order valence-electron chi connectivity index (χ1n) is 13.2. The van der Waals surface area contributed by atoms with Crippen molar-refractivity contribution in [2.24, 2.45) is 0 Å². The Bertz CT molecular complexity index is 1600. The Labute approximate surface area is 238 Å². The third kappa shape index (κ3) is 5.18. The molecular weight excluding hydrogens is 522 g/mol. The van der Waals surface area contributed by atoms with Gasteiger partial charge in [0.2, 0.25) is 0 Å². The van der Waals surface area contributed by atoms with Gasteiger partial charge in [-0.15, -0.1) is 0 Å². The molecule has 1 N–H and O–H groups in total. The van der Waals surface area contributed by atoms with E-state index in [0.29, 0.717) is 30.3 Å². The molecule has 0 saturated carbocycles. The maximum Gasteiger partial charge on any atom is 0.273 e. The summed E-state index contributed by atoms with van der Waals surface area (Å²) in [5.41, 5.74) is 6.38. The average Bonchev–Trinajstić information content (AvgIpc) is 3.55. The zero-order valence-corrected chi connectivity index (χ0v) is 22.8. The van der Waals surface area contributed by atoms with Crippen LogP contribution in [-0.2, 0) is 13.0 Å². The summed E-state index contributed by atoms with van der Waals surface area (Å²) in [5, 5.41) is 8.31. The Kier molecular flexibility index (Phi) is 7.25. The van der Waals surface area contributed by atoms with Crippen LogP contribution in [0.15, 0.2) is 103 Å². The van der Waals surface area contributed by atoms with Gasteiger partial charge in [0.15, 0.2) is 0 Å². The van der Waals surface area contributed by atoms with Gasteiger partial charge in [0.1, 0.15) is 23.8 Å². The summed E-state index contributed by atoms with van der Waals surface area (Å²) < 4.78 is 11.3. The number of H-pyrrole nitrogens is 1. The lowest BCUT2D eigenvalue weighted by Gasteiger charge is -2.26. The molecule has 7 heteroatoms. The number of carbonyl (C=O) groups excluding carboxylic acids is 1. The highest BCUT2D eigenvalue weighted by atomic mass is 35.5. The van der Waals surface area contributed by atoms with E-state index in [4.69, 9.17) is 21.1 Å². The third-order valence-corrected chi connectivity index (χ3v) is 7.48. The molecule has 1 atom stereocenters. The van der Waals surface area contributed by atoms with Crippen molar-refractivity contribution in [1.29, 1.82) is 0 Å². The minimum absolute atomic E-state index is 0.0498. The molecule has 6 nitrogen and oxygen atoms in total. The van der Waals surface area contributed by atoms with E-state index in [1.54, 1.807) is 7.11 Å². The highest BCUT2D eigenvalue weighted by Crippen LogP contribution is 2.43. The lowest BCUT2D eigenvalue weighted by molar-refractivity contribution is 0.0746. The molecule has 40 heavy (non-hydrogen) atoms. The quantitative estimate of drug-likeness (QED) is 0.213. The van der Waals surface area contributed by atoms with Gasteiger partial charge in [-0.1, -0.05) is 78.3 Å². The molecule has 2 heterocycles. The SMILES string of the molecule is COc1ccc(CCN2C(=O)c3[nH]nc(-c4ccccc4)c3C2c2ccc(OCc3ccc(Cl)cc3)cc2)cc1. The fourth-order valence-corrected chi connectivity index (χ4v) is 5.25. The van der Waals surface area contributed by atoms with Crippen LogP contribution < -0.4 is 9.47 Å². The van der Waals surface area contributed by atoms with Gasteiger partial charge in [0.25, 0.3) is 5.91 Å². The summed E-state index contributed by atoms with van der Waals surface area (Å²) in [7, 11) is 1.66. The number of benzene rings is 4. The first-order chi connectivity index (χ1) is 19.6. The number of rotatable bonds is 9. The molecule has 1 unspecified atom stereocenters. The number of hydrogen-bond acceptors (Lipinski definition) is 4. The first-order valence-corrected chi connectivity index (χ1v) is 13.5. The topological polar surface area (TPSA) is 67.5 Å². The van der Waals surface area contributed by atoms with Crippen molar-refractivity contribution in [3.8, 4) is 22.8 Å². The highest BCUT2D eigenvalue weighted by Gasteiger charge is 2.41. The lowest BCUT2D eigenvalue weighted by atomic mass is 9.96. The molecule has 1 aliphatic heterocycles. The summed E-state index contributed by atoms with van der Waals surface area (Å²) >= 11 is 6.00. The zero-order chi connectivity index (χ0) is 27.5. The predicted molar refractivity (Wildman–Crippen MR) is 156 cm³/mol. The van der Waals surface area contributed by atoms with Gasteiger partial charge in [0.05, 0.1) is 18.8 Å². The molecule has 5 aromatic rings. The van der Waals surface area contributed by atoms with Crippen LogP contribution in [0.25, 0.3) is 11.3 Å². The van der Waals surface area contributed by atoms with Crippen molar-refractivity contribution in [2.45, 2.75) is 19.1 Å². The van der Waals surface area contributed by atoms with Gasteiger partial charge in [0, 0.05) is 22.7 Å². The van der Waals surface area contributed by atoms with Crippen molar-refractivity contribution < 1.29 is 14.3 Å². The number of aromatic nitrogens is 2. The minimum atomic E-state index is -0.278. The summed E-state index contributed by atoms with van der Waals surface area (Å²) in [6.45, 7) is 0.998. The molecule has 1 aromatic heterocycles. The van der Waals surface area contributed by atoms with Crippen LogP contribution in [0.4, 0.5) is 0 Å². The Morgan fingerprint density at radius 3 is 2.23 bits per heavy atom. The number of nitrogens with one attached hydrogen (secondary N) is 1. The molecule has 4 aromatic carbocycles. The molecule has 1 aliphatic rings. The van der Waals surface area contributed by atoms with Crippen molar-refractivity contribution >= 4 is 17.5 Å². The van der Waals surface area contributed by atoms with Crippen LogP contribution in [-0.4, -0.2) is 34.7 Å². The number of hydrogen-bond donors (Lipinski definition) is 1. The number of carbonyl (C=O) groups is 1. The standard InChI is InChI=1S/C33H28ClN3O3/c1-39-27-15-9-22(10-16-27)19-20-37-32(29-30(24-5-3-2-4-6-24)35-36-31(29)33(37)38)25-11-17-28(18-12-25)40-21-23-7-13-26(34)14-8-23/h2-18,32H,19-21H2,1H3,(H,35,36). The van der Waals surface area contributed by atoms with Crippen molar-refractivity contribution in [3.05, 3.63) is 136 Å². The molecule has 0 fully saturated rings. The van der Waals surface area contributed by atoms with Crippen molar-refractivity contribution in [1.82, 2.24) is 15.1 Å². The van der Waals surface area contributed by atoms with E-state index in [0.717, 1.165) is 45.0 Å². The normalized spacial score (nSPS) is 14.3. The van der Waals surface area contributed by atoms with Gasteiger partial charge in [-0.3, -0.25) is 9.89 Å². The highest BCUT2D eigenvalue weighted by molar-refractivity contribution is 6.30. The number of methoxy groups -OCH3 is 1. The Morgan fingerprint density at radius 2 is 1.52 bits per heavy atom. The second-order valence-electron chi connectivity index (χ2n) is 9.71.